The van der Waals surface area contributed by atoms with Crippen LogP contribution in [0.15, 0.2) is 64.5 Å². The summed E-state index contributed by atoms with van der Waals surface area (Å²) in [5, 5.41) is 2.62. The van der Waals surface area contributed by atoms with Crippen LogP contribution in [0.25, 0.3) is 11.3 Å². The molecule has 0 aliphatic carbocycles. The Labute approximate surface area is 151 Å². The Bertz CT molecular complexity index is 993. The lowest BCUT2D eigenvalue weighted by molar-refractivity contribution is -0.113. The Morgan fingerprint density at radius 1 is 1.12 bits per heavy atom. The van der Waals surface area contributed by atoms with Crippen molar-refractivity contribution in [2.75, 3.05) is 11.1 Å². The Morgan fingerprint density at radius 2 is 1.88 bits per heavy atom. The highest BCUT2D eigenvalue weighted by Gasteiger charge is 2.10. The van der Waals surface area contributed by atoms with E-state index in [2.05, 4.69) is 15.3 Å². The number of anilines is 1. The van der Waals surface area contributed by atoms with Gasteiger partial charge in [0.05, 0.1) is 17.1 Å². The molecule has 0 aliphatic heterocycles. The Kier molecular flexibility index (Phi) is 5.43. The number of carbonyl (C=O) groups is 1. The number of hydrogen-bond acceptors (Lipinski definition) is 4. The fourth-order valence-electron chi connectivity index (χ4n) is 2.17. The molecule has 8 heteroatoms. The van der Waals surface area contributed by atoms with Crippen molar-refractivity contribution in [2.24, 2.45) is 0 Å². The molecular formula is C18H13F2N3O2S. The minimum atomic E-state index is -0.860. The predicted octanol–water partition coefficient (Wildman–Crippen LogP) is 3.45. The molecule has 1 amide bonds. The molecule has 132 valence electrons. The van der Waals surface area contributed by atoms with Gasteiger partial charge in [-0.2, -0.15) is 0 Å². The van der Waals surface area contributed by atoms with Gasteiger partial charge in [0, 0.05) is 17.7 Å². The molecule has 0 fully saturated rings. The lowest BCUT2D eigenvalue weighted by atomic mass is 10.1. The van der Waals surface area contributed by atoms with E-state index in [4.69, 9.17) is 0 Å². The summed E-state index contributed by atoms with van der Waals surface area (Å²) in [5.74, 6) is -2.19. The summed E-state index contributed by atoms with van der Waals surface area (Å²) in [7, 11) is 0. The quantitative estimate of drug-likeness (QED) is 0.531. The van der Waals surface area contributed by atoms with Crippen LogP contribution in [0.5, 0.6) is 0 Å². The average molecular weight is 373 g/mol. The zero-order chi connectivity index (χ0) is 18.5. The number of nitrogens with zero attached hydrogens (tertiary/aromatic N) is 1. The molecule has 0 unspecified atom stereocenters. The van der Waals surface area contributed by atoms with Gasteiger partial charge >= 0.3 is 0 Å². The van der Waals surface area contributed by atoms with Gasteiger partial charge in [-0.3, -0.25) is 9.59 Å². The van der Waals surface area contributed by atoms with Crippen LogP contribution in [-0.2, 0) is 4.79 Å². The maximum Gasteiger partial charge on any atom is 0.252 e. The number of hydrogen-bond donors (Lipinski definition) is 2. The molecule has 0 saturated carbocycles. The van der Waals surface area contributed by atoms with Gasteiger partial charge in [-0.1, -0.05) is 42.1 Å². The highest BCUT2D eigenvalue weighted by atomic mass is 32.2. The summed E-state index contributed by atoms with van der Waals surface area (Å²) >= 11 is 1.00. The van der Waals surface area contributed by atoms with Gasteiger partial charge < -0.3 is 10.3 Å². The number of nitrogens with one attached hydrogen (secondary N) is 2. The summed E-state index contributed by atoms with van der Waals surface area (Å²) in [5.41, 5.74) is 0.808. The van der Waals surface area contributed by atoms with Gasteiger partial charge in [0.2, 0.25) is 5.91 Å². The van der Waals surface area contributed by atoms with E-state index in [0.29, 0.717) is 11.8 Å². The number of rotatable bonds is 5. The van der Waals surface area contributed by atoms with Crippen LogP contribution in [0.1, 0.15) is 0 Å². The van der Waals surface area contributed by atoms with E-state index in [1.807, 2.05) is 30.3 Å². The number of halogens is 2. The van der Waals surface area contributed by atoms with Crippen molar-refractivity contribution in [3.05, 3.63) is 76.6 Å². The molecule has 3 aromatic rings. The highest BCUT2D eigenvalue weighted by Crippen LogP contribution is 2.19. The first kappa shape index (κ1) is 17.8. The van der Waals surface area contributed by atoms with E-state index in [-0.39, 0.29) is 22.2 Å². The van der Waals surface area contributed by atoms with Gasteiger partial charge in [0.1, 0.15) is 11.6 Å². The monoisotopic (exact) mass is 373 g/mol. The van der Waals surface area contributed by atoms with Crippen molar-refractivity contribution >= 4 is 23.4 Å². The summed E-state index contributed by atoms with van der Waals surface area (Å²) < 4.78 is 26.4. The van der Waals surface area contributed by atoms with Gasteiger partial charge in [-0.15, -0.1) is 0 Å². The Morgan fingerprint density at radius 3 is 2.62 bits per heavy atom. The molecule has 2 N–H and O–H groups in total. The maximum absolute atomic E-state index is 13.5. The third-order valence-electron chi connectivity index (χ3n) is 3.33. The normalized spacial score (nSPS) is 10.5. The number of thioether (sulfide) groups is 1. The number of H-pyrrole nitrogens is 1. The Hall–Kier alpha value is -3.00. The van der Waals surface area contributed by atoms with Crippen molar-refractivity contribution in [3.63, 3.8) is 0 Å². The molecule has 5 nitrogen and oxygen atoms in total. The van der Waals surface area contributed by atoms with Crippen LogP contribution in [0.2, 0.25) is 0 Å². The number of amides is 1. The summed E-state index contributed by atoms with van der Waals surface area (Å²) in [6, 6.07) is 13.4. The lowest BCUT2D eigenvalue weighted by Crippen LogP contribution is -2.16. The molecule has 3 rings (SSSR count). The first-order valence-corrected chi connectivity index (χ1v) is 8.54. The summed E-state index contributed by atoms with van der Waals surface area (Å²) in [4.78, 5) is 30.6. The van der Waals surface area contributed by atoms with E-state index in [0.717, 1.165) is 29.5 Å². The number of aromatic nitrogens is 2. The lowest BCUT2D eigenvalue weighted by Gasteiger charge is -2.07. The second kappa shape index (κ2) is 7.92. The summed E-state index contributed by atoms with van der Waals surface area (Å²) in [6.07, 6.45) is 0. The zero-order valence-corrected chi connectivity index (χ0v) is 14.1. The van der Waals surface area contributed by atoms with Crippen molar-refractivity contribution in [1.29, 1.82) is 0 Å². The van der Waals surface area contributed by atoms with E-state index in [1.54, 1.807) is 0 Å². The van der Waals surface area contributed by atoms with Crippen LogP contribution >= 0.6 is 11.8 Å². The maximum atomic E-state index is 13.5. The molecule has 0 aliphatic rings. The van der Waals surface area contributed by atoms with Crippen molar-refractivity contribution in [1.82, 2.24) is 9.97 Å². The smallest absolute Gasteiger partial charge is 0.252 e. The van der Waals surface area contributed by atoms with E-state index >= 15 is 0 Å². The van der Waals surface area contributed by atoms with Crippen LogP contribution in [0.3, 0.4) is 0 Å². The van der Waals surface area contributed by atoms with Crippen LogP contribution in [-0.4, -0.2) is 21.6 Å². The molecule has 1 heterocycles. The molecule has 2 aromatic carbocycles. The fourth-order valence-corrected chi connectivity index (χ4v) is 2.85. The molecule has 0 radical (unpaired) electrons. The van der Waals surface area contributed by atoms with Crippen molar-refractivity contribution < 1.29 is 13.6 Å². The van der Waals surface area contributed by atoms with E-state index < -0.39 is 17.5 Å². The van der Waals surface area contributed by atoms with E-state index in [9.17, 15) is 18.4 Å². The average Bonchev–Trinajstić information content (AvgIpc) is 2.63. The number of carbonyl (C=O) groups excluding carboxylic acids is 1. The summed E-state index contributed by atoms with van der Waals surface area (Å²) in [6.45, 7) is 0. The van der Waals surface area contributed by atoms with Crippen molar-refractivity contribution in [3.8, 4) is 11.3 Å². The van der Waals surface area contributed by atoms with Crippen LogP contribution in [0.4, 0.5) is 14.5 Å². The first-order valence-electron chi connectivity index (χ1n) is 7.56. The largest absolute Gasteiger partial charge is 0.323 e. The first-order chi connectivity index (χ1) is 12.5. The fraction of sp³-hybridized carbons (Fsp3) is 0.0556. The molecule has 26 heavy (non-hydrogen) atoms. The van der Waals surface area contributed by atoms with Crippen LogP contribution in [0, 0.1) is 11.6 Å². The molecule has 0 saturated heterocycles. The van der Waals surface area contributed by atoms with Crippen molar-refractivity contribution in [2.45, 2.75) is 5.16 Å². The topological polar surface area (TPSA) is 74.8 Å². The zero-order valence-electron chi connectivity index (χ0n) is 13.3. The molecular weight excluding hydrogens is 360 g/mol. The number of benzene rings is 2. The SMILES string of the molecule is O=C(CSc1nc(-c2ccccc2)cc(=O)[nH]1)Nc1ccc(F)cc1F. The minimum Gasteiger partial charge on any atom is -0.323 e. The standard InChI is InChI=1S/C18H13F2N3O2S/c19-12-6-7-14(13(20)8-12)21-17(25)10-26-18-22-15(9-16(24)23-18)11-4-2-1-3-5-11/h1-9H,10H2,(H,21,25)(H,22,23,24). The second-order valence-corrected chi connectivity index (χ2v) is 6.23. The van der Waals surface area contributed by atoms with E-state index in [1.165, 1.54) is 6.07 Å². The van der Waals surface area contributed by atoms with Gasteiger partial charge in [-0.05, 0) is 12.1 Å². The van der Waals surface area contributed by atoms with Gasteiger partial charge in [0.25, 0.3) is 5.56 Å². The van der Waals surface area contributed by atoms with Gasteiger partial charge in [0.15, 0.2) is 5.16 Å². The third kappa shape index (κ3) is 4.54. The third-order valence-corrected chi connectivity index (χ3v) is 4.21. The Balaban J connectivity index is 1.68. The van der Waals surface area contributed by atoms with Gasteiger partial charge in [-0.25, -0.2) is 13.8 Å². The molecule has 0 spiro atoms. The molecule has 0 atom stereocenters. The molecule has 0 bridgehead atoms. The molecule has 1 aromatic heterocycles. The van der Waals surface area contributed by atoms with Crippen LogP contribution < -0.4 is 10.9 Å². The highest BCUT2D eigenvalue weighted by molar-refractivity contribution is 7.99. The minimum absolute atomic E-state index is 0.0992. The predicted molar refractivity (Wildman–Crippen MR) is 96.0 cm³/mol. The number of aromatic amines is 1. The second-order valence-electron chi connectivity index (χ2n) is 5.26.